The van der Waals surface area contributed by atoms with E-state index < -0.39 is 0 Å². The second kappa shape index (κ2) is 4.07. The summed E-state index contributed by atoms with van der Waals surface area (Å²) in [5, 5.41) is 9.49. The zero-order chi connectivity index (χ0) is 8.27. The van der Waals surface area contributed by atoms with Crippen molar-refractivity contribution in [2.75, 3.05) is 0 Å². The van der Waals surface area contributed by atoms with E-state index in [4.69, 9.17) is 4.74 Å². The maximum atomic E-state index is 9.49. The van der Waals surface area contributed by atoms with E-state index >= 15 is 0 Å². The molecule has 0 aliphatic heterocycles. The highest BCUT2D eigenvalue weighted by Crippen LogP contribution is 2.21. The van der Waals surface area contributed by atoms with Crippen LogP contribution in [0.5, 0.6) is 0 Å². The normalized spacial score (nSPS) is 32.7. The van der Waals surface area contributed by atoms with Gasteiger partial charge >= 0.3 is 0 Å². The summed E-state index contributed by atoms with van der Waals surface area (Å²) < 4.78 is 5.55. The summed E-state index contributed by atoms with van der Waals surface area (Å²) in [5.41, 5.74) is 0. The maximum absolute atomic E-state index is 9.49. The van der Waals surface area contributed by atoms with Gasteiger partial charge in [0.25, 0.3) is 0 Å². The molecule has 1 rings (SSSR count). The van der Waals surface area contributed by atoms with Crippen molar-refractivity contribution in [1.29, 1.82) is 0 Å². The molecule has 0 saturated heterocycles. The number of hydrogen-bond acceptors (Lipinski definition) is 2. The van der Waals surface area contributed by atoms with Gasteiger partial charge in [-0.05, 0) is 26.7 Å². The Labute approximate surface area is 68.6 Å². The van der Waals surface area contributed by atoms with Crippen molar-refractivity contribution in [1.82, 2.24) is 0 Å². The monoisotopic (exact) mass is 158 g/mol. The van der Waals surface area contributed by atoms with Gasteiger partial charge in [-0.25, -0.2) is 0 Å². The predicted octanol–water partition coefficient (Wildman–Crippen LogP) is 1.71. The predicted molar refractivity (Wildman–Crippen MR) is 44.5 cm³/mol. The quantitative estimate of drug-likeness (QED) is 0.663. The standard InChI is InChI=1S/C9H18O2/c1-7(2)11-9-6-4-3-5-8(9)10/h7-10H,3-6H2,1-2H3. The van der Waals surface area contributed by atoms with Gasteiger partial charge in [0.1, 0.15) is 0 Å². The van der Waals surface area contributed by atoms with Gasteiger partial charge in [-0.15, -0.1) is 0 Å². The van der Waals surface area contributed by atoms with E-state index in [0.29, 0.717) is 0 Å². The van der Waals surface area contributed by atoms with E-state index in [1.165, 1.54) is 6.42 Å². The number of ether oxygens (including phenoxy) is 1. The Hall–Kier alpha value is -0.0800. The van der Waals surface area contributed by atoms with E-state index in [1.54, 1.807) is 0 Å². The van der Waals surface area contributed by atoms with Crippen LogP contribution in [-0.2, 0) is 4.74 Å². The van der Waals surface area contributed by atoms with Crippen LogP contribution < -0.4 is 0 Å². The molecule has 0 heterocycles. The maximum Gasteiger partial charge on any atom is 0.0837 e. The van der Waals surface area contributed by atoms with Gasteiger partial charge in [-0.3, -0.25) is 0 Å². The Morgan fingerprint density at radius 3 is 2.45 bits per heavy atom. The van der Waals surface area contributed by atoms with Gasteiger partial charge in [-0.1, -0.05) is 12.8 Å². The largest absolute Gasteiger partial charge is 0.390 e. The molecule has 2 atom stereocenters. The molecule has 0 bridgehead atoms. The summed E-state index contributed by atoms with van der Waals surface area (Å²) in [7, 11) is 0. The van der Waals surface area contributed by atoms with Crippen molar-refractivity contribution >= 4 is 0 Å². The van der Waals surface area contributed by atoms with Crippen LogP contribution >= 0.6 is 0 Å². The van der Waals surface area contributed by atoms with Gasteiger partial charge in [0.2, 0.25) is 0 Å². The second-order valence-electron chi connectivity index (χ2n) is 3.58. The molecule has 0 aromatic rings. The van der Waals surface area contributed by atoms with E-state index in [0.717, 1.165) is 19.3 Å². The zero-order valence-electron chi connectivity index (χ0n) is 7.42. The van der Waals surface area contributed by atoms with Crippen molar-refractivity contribution in [2.24, 2.45) is 0 Å². The molecular formula is C9H18O2. The third kappa shape index (κ3) is 2.80. The molecular weight excluding hydrogens is 140 g/mol. The molecule has 0 amide bonds. The lowest BCUT2D eigenvalue weighted by atomic mass is 9.95. The van der Waals surface area contributed by atoms with Crippen molar-refractivity contribution in [2.45, 2.75) is 57.8 Å². The van der Waals surface area contributed by atoms with Crippen LogP contribution in [0.15, 0.2) is 0 Å². The van der Waals surface area contributed by atoms with E-state index in [-0.39, 0.29) is 18.3 Å². The van der Waals surface area contributed by atoms with Crippen LogP contribution in [0, 0.1) is 0 Å². The number of aliphatic hydroxyl groups is 1. The van der Waals surface area contributed by atoms with E-state index in [9.17, 15) is 5.11 Å². The minimum Gasteiger partial charge on any atom is -0.390 e. The van der Waals surface area contributed by atoms with Crippen LogP contribution in [0.1, 0.15) is 39.5 Å². The fourth-order valence-corrected chi connectivity index (χ4v) is 1.59. The summed E-state index contributed by atoms with van der Waals surface area (Å²) in [4.78, 5) is 0. The first-order valence-electron chi connectivity index (χ1n) is 4.53. The van der Waals surface area contributed by atoms with Crippen molar-refractivity contribution in [3.05, 3.63) is 0 Å². The van der Waals surface area contributed by atoms with Crippen LogP contribution in [0.2, 0.25) is 0 Å². The summed E-state index contributed by atoms with van der Waals surface area (Å²) in [6.45, 7) is 4.03. The van der Waals surface area contributed by atoms with Gasteiger partial charge in [0, 0.05) is 0 Å². The highest BCUT2D eigenvalue weighted by atomic mass is 16.5. The topological polar surface area (TPSA) is 29.5 Å². The molecule has 0 aromatic heterocycles. The second-order valence-corrected chi connectivity index (χ2v) is 3.58. The molecule has 2 nitrogen and oxygen atoms in total. The molecule has 1 saturated carbocycles. The molecule has 1 aliphatic carbocycles. The first-order chi connectivity index (χ1) is 5.20. The van der Waals surface area contributed by atoms with Crippen molar-refractivity contribution in [3.63, 3.8) is 0 Å². The van der Waals surface area contributed by atoms with Crippen molar-refractivity contribution in [3.8, 4) is 0 Å². The van der Waals surface area contributed by atoms with Crippen LogP contribution in [0.25, 0.3) is 0 Å². The van der Waals surface area contributed by atoms with Gasteiger partial charge in [-0.2, -0.15) is 0 Å². The molecule has 1 N–H and O–H groups in total. The molecule has 66 valence electrons. The first-order valence-corrected chi connectivity index (χ1v) is 4.53. The Kier molecular flexibility index (Phi) is 3.34. The zero-order valence-corrected chi connectivity index (χ0v) is 7.42. The third-order valence-corrected chi connectivity index (χ3v) is 2.11. The van der Waals surface area contributed by atoms with Gasteiger partial charge in [0.05, 0.1) is 18.3 Å². The van der Waals surface area contributed by atoms with Crippen LogP contribution in [0.4, 0.5) is 0 Å². The lowest BCUT2D eigenvalue weighted by Gasteiger charge is -2.29. The number of rotatable bonds is 2. The lowest BCUT2D eigenvalue weighted by molar-refractivity contribution is -0.0829. The van der Waals surface area contributed by atoms with E-state index in [2.05, 4.69) is 0 Å². The van der Waals surface area contributed by atoms with Gasteiger partial charge in [0.15, 0.2) is 0 Å². The Balaban J connectivity index is 2.29. The minimum atomic E-state index is -0.217. The lowest BCUT2D eigenvalue weighted by Crippen LogP contribution is -2.34. The summed E-state index contributed by atoms with van der Waals surface area (Å²) in [6, 6.07) is 0. The summed E-state index contributed by atoms with van der Waals surface area (Å²) in [5.74, 6) is 0. The minimum absolute atomic E-state index is 0.101. The Morgan fingerprint density at radius 2 is 1.91 bits per heavy atom. The average Bonchev–Trinajstić information content (AvgIpc) is 1.93. The highest BCUT2D eigenvalue weighted by molar-refractivity contribution is 4.75. The number of aliphatic hydroxyl groups excluding tert-OH is 1. The van der Waals surface area contributed by atoms with E-state index in [1.807, 2.05) is 13.8 Å². The molecule has 0 aromatic carbocycles. The first kappa shape index (κ1) is 9.01. The molecule has 2 unspecified atom stereocenters. The highest BCUT2D eigenvalue weighted by Gasteiger charge is 2.23. The van der Waals surface area contributed by atoms with Gasteiger partial charge < -0.3 is 9.84 Å². The summed E-state index contributed by atoms with van der Waals surface area (Å²) >= 11 is 0. The summed E-state index contributed by atoms with van der Waals surface area (Å²) in [6.07, 6.45) is 4.42. The smallest absolute Gasteiger partial charge is 0.0837 e. The molecule has 1 aliphatic rings. The molecule has 1 fully saturated rings. The van der Waals surface area contributed by atoms with Crippen LogP contribution in [-0.4, -0.2) is 23.4 Å². The van der Waals surface area contributed by atoms with Crippen LogP contribution in [0.3, 0.4) is 0 Å². The molecule has 11 heavy (non-hydrogen) atoms. The fraction of sp³-hybridized carbons (Fsp3) is 1.00. The molecule has 0 radical (unpaired) electrons. The average molecular weight is 158 g/mol. The fourth-order valence-electron chi connectivity index (χ4n) is 1.59. The van der Waals surface area contributed by atoms with Crippen molar-refractivity contribution < 1.29 is 9.84 Å². The number of hydrogen-bond donors (Lipinski definition) is 1. The molecule has 0 spiro atoms. The Morgan fingerprint density at radius 1 is 1.27 bits per heavy atom. The third-order valence-electron chi connectivity index (χ3n) is 2.11. The molecule has 2 heteroatoms. The Bertz CT molecular complexity index is 112. The SMILES string of the molecule is CC(C)OC1CCCCC1O.